The quantitative estimate of drug-likeness (QED) is 0.792. The lowest BCUT2D eigenvalue weighted by Crippen LogP contribution is -2.36. The number of aromatic nitrogens is 2. The molecule has 0 unspecified atom stereocenters. The molecule has 2 fully saturated rings. The van der Waals surface area contributed by atoms with Gasteiger partial charge in [-0.25, -0.2) is 4.79 Å². The van der Waals surface area contributed by atoms with Gasteiger partial charge in [-0.3, -0.25) is 4.90 Å². The van der Waals surface area contributed by atoms with Crippen LogP contribution in [0, 0.1) is 11.8 Å². The van der Waals surface area contributed by atoms with Crippen molar-refractivity contribution in [3.05, 3.63) is 52.3 Å². The summed E-state index contributed by atoms with van der Waals surface area (Å²) in [5, 5.41) is 5.34. The van der Waals surface area contributed by atoms with E-state index in [0.29, 0.717) is 22.9 Å². The molecule has 2 heterocycles. The van der Waals surface area contributed by atoms with Crippen molar-refractivity contribution < 1.29 is 4.79 Å². The molecule has 5 nitrogen and oxygen atoms in total. The van der Waals surface area contributed by atoms with Gasteiger partial charge in [-0.1, -0.05) is 41.4 Å². The molecule has 4 rings (SSSR count). The number of halogens is 2. The first-order chi connectivity index (χ1) is 12.5. The zero-order valence-corrected chi connectivity index (χ0v) is 16.2. The van der Waals surface area contributed by atoms with Crippen molar-refractivity contribution in [1.82, 2.24) is 19.6 Å². The number of amides is 1. The summed E-state index contributed by atoms with van der Waals surface area (Å²) in [6.45, 7) is 2.47. The third-order valence-electron chi connectivity index (χ3n) is 5.74. The molecule has 1 aromatic heterocycles. The van der Waals surface area contributed by atoms with Gasteiger partial charge in [0.25, 0.3) is 0 Å². The second-order valence-corrected chi connectivity index (χ2v) is 8.29. The van der Waals surface area contributed by atoms with Crippen LogP contribution in [0.4, 0.5) is 4.79 Å². The summed E-state index contributed by atoms with van der Waals surface area (Å²) in [5.74, 6) is 1.12. The van der Waals surface area contributed by atoms with Crippen LogP contribution in [0.25, 0.3) is 0 Å². The number of fused-ring (bicyclic) bond motifs is 1. The van der Waals surface area contributed by atoms with Crippen molar-refractivity contribution in [2.45, 2.75) is 25.4 Å². The summed E-state index contributed by atoms with van der Waals surface area (Å²) in [6, 6.07) is 8.49. The first-order valence-corrected chi connectivity index (χ1v) is 9.70. The Hall–Kier alpha value is -1.56. The van der Waals surface area contributed by atoms with E-state index in [4.69, 9.17) is 23.2 Å². The zero-order valence-electron chi connectivity index (χ0n) is 14.7. The molecule has 138 valence electrons. The van der Waals surface area contributed by atoms with Gasteiger partial charge in [0.1, 0.15) is 0 Å². The monoisotopic (exact) mass is 392 g/mol. The molecule has 0 bridgehead atoms. The first-order valence-electron chi connectivity index (χ1n) is 8.94. The van der Waals surface area contributed by atoms with Crippen molar-refractivity contribution in [2.24, 2.45) is 11.8 Å². The lowest BCUT2D eigenvalue weighted by Gasteiger charge is -2.26. The number of benzene rings is 1. The van der Waals surface area contributed by atoms with Crippen molar-refractivity contribution in [3.63, 3.8) is 0 Å². The molecule has 1 aliphatic carbocycles. The van der Waals surface area contributed by atoms with Crippen LogP contribution in [0.5, 0.6) is 0 Å². The highest BCUT2D eigenvalue weighted by Crippen LogP contribution is 2.40. The molecule has 1 saturated carbocycles. The lowest BCUT2D eigenvalue weighted by atomic mass is 10.0. The van der Waals surface area contributed by atoms with Gasteiger partial charge in [-0.2, -0.15) is 9.78 Å². The molecule has 1 aliphatic heterocycles. The molecule has 7 heteroatoms. The Labute approximate surface area is 163 Å². The van der Waals surface area contributed by atoms with Crippen molar-refractivity contribution >= 4 is 29.2 Å². The van der Waals surface area contributed by atoms with Crippen LogP contribution in [0.3, 0.4) is 0 Å². The third kappa shape index (κ3) is 3.48. The average molecular weight is 393 g/mol. The van der Waals surface area contributed by atoms with Crippen molar-refractivity contribution in [2.75, 3.05) is 20.1 Å². The maximum atomic E-state index is 12.5. The second-order valence-electron chi connectivity index (χ2n) is 7.44. The molecule has 0 spiro atoms. The fourth-order valence-electron chi connectivity index (χ4n) is 4.36. The maximum absolute atomic E-state index is 12.5. The van der Waals surface area contributed by atoms with Crippen LogP contribution in [0.2, 0.25) is 10.0 Å². The van der Waals surface area contributed by atoms with Crippen LogP contribution < -0.4 is 0 Å². The molecule has 3 atom stereocenters. The predicted octanol–water partition coefficient (Wildman–Crippen LogP) is 4.00. The minimum Gasteiger partial charge on any atom is -0.322 e. The molecule has 26 heavy (non-hydrogen) atoms. The summed E-state index contributed by atoms with van der Waals surface area (Å²) in [7, 11) is 2.17. The molecule has 1 aromatic carbocycles. The first kappa shape index (κ1) is 17.8. The van der Waals surface area contributed by atoms with E-state index in [2.05, 4.69) is 23.1 Å². The Kier molecular flexibility index (Phi) is 4.95. The average Bonchev–Trinajstić information content (AvgIpc) is 3.30. The predicted molar refractivity (Wildman–Crippen MR) is 103 cm³/mol. The number of rotatable bonds is 3. The molecule has 1 saturated heterocycles. The summed E-state index contributed by atoms with van der Waals surface area (Å²) >= 11 is 12.2. The minimum absolute atomic E-state index is 0.0766. The van der Waals surface area contributed by atoms with Gasteiger partial charge in [0.15, 0.2) is 0 Å². The molecular formula is C19H22Cl2N4O. The highest BCUT2D eigenvalue weighted by molar-refractivity contribution is 6.31. The molecule has 0 radical (unpaired) electrons. The molecular weight excluding hydrogens is 371 g/mol. The Balaban J connectivity index is 1.34. The number of likely N-dealkylation sites (tertiary alicyclic amines) is 1. The smallest absolute Gasteiger partial charge is 0.322 e. The molecule has 2 aliphatic rings. The minimum atomic E-state index is -0.0766. The van der Waals surface area contributed by atoms with Crippen LogP contribution >= 0.6 is 23.2 Å². The van der Waals surface area contributed by atoms with Crippen LogP contribution in [-0.2, 0) is 6.54 Å². The highest BCUT2D eigenvalue weighted by atomic mass is 35.5. The fourth-order valence-corrected chi connectivity index (χ4v) is 4.69. The van der Waals surface area contributed by atoms with Crippen LogP contribution in [0.15, 0.2) is 36.7 Å². The van der Waals surface area contributed by atoms with Gasteiger partial charge in [-0.15, -0.1) is 0 Å². The number of carbonyl (C=O) groups is 1. The van der Waals surface area contributed by atoms with E-state index in [1.807, 2.05) is 23.1 Å². The topological polar surface area (TPSA) is 41.4 Å². The van der Waals surface area contributed by atoms with E-state index in [0.717, 1.165) is 37.5 Å². The molecule has 2 aromatic rings. The normalized spacial score (nSPS) is 25.1. The third-order valence-corrected chi connectivity index (χ3v) is 6.31. The number of nitrogens with zero attached hydrogens (tertiary/aromatic N) is 4. The van der Waals surface area contributed by atoms with Crippen LogP contribution in [-0.4, -0.2) is 51.8 Å². The Morgan fingerprint density at radius 2 is 1.92 bits per heavy atom. The van der Waals surface area contributed by atoms with E-state index in [1.54, 1.807) is 6.20 Å². The largest absolute Gasteiger partial charge is 0.344 e. The summed E-state index contributed by atoms with van der Waals surface area (Å²) < 4.78 is 1.34. The Bertz CT molecular complexity index is 794. The van der Waals surface area contributed by atoms with Crippen molar-refractivity contribution in [3.8, 4) is 0 Å². The van der Waals surface area contributed by atoms with Crippen molar-refractivity contribution in [1.29, 1.82) is 0 Å². The fraction of sp³-hybridized carbons (Fsp3) is 0.474. The standard InChI is InChI=1S/C19H22Cl2N4O/c1-23(9-13-4-2-3-5-18(13)21)17-6-14-10-24(11-15(14)7-17)19(26)25-12-16(20)8-22-25/h2-5,8,12,14-15,17H,6-7,9-11H2,1H3/t14-,15+,17-. The SMILES string of the molecule is CN(Cc1ccccc1Cl)[C@@H]1C[C@@H]2CN(C(=O)n3cc(Cl)cn3)C[C@@H]2C1. The molecule has 1 amide bonds. The molecule has 0 N–H and O–H groups in total. The maximum Gasteiger partial charge on any atom is 0.344 e. The highest BCUT2D eigenvalue weighted by Gasteiger charge is 2.43. The van der Waals surface area contributed by atoms with Gasteiger partial charge < -0.3 is 4.90 Å². The lowest BCUT2D eigenvalue weighted by molar-refractivity contribution is 0.192. The van der Waals surface area contributed by atoms with Gasteiger partial charge in [0, 0.05) is 30.7 Å². The number of hydrogen-bond acceptors (Lipinski definition) is 3. The Morgan fingerprint density at radius 1 is 1.23 bits per heavy atom. The van der Waals surface area contributed by atoms with E-state index < -0.39 is 0 Å². The number of hydrogen-bond donors (Lipinski definition) is 0. The number of carbonyl (C=O) groups excluding carboxylic acids is 1. The van der Waals surface area contributed by atoms with E-state index in [-0.39, 0.29) is 6.03 Å². The summed E-state index contributed by atoms with van der Waals surface area (Å²) in [5.41, 5.74) is 1.17. The van der Waals surface area contributed by atoms with E-state index in [9.17, 15) is 4.79 Å². The Morgan fingerprint density at radius 3 is 2.54 bits per heavy atom. The van der Waals surface area contributed by atoms with Crippen LogP contribution in [0.1, 0.15) is 18.4 Å². The summed E-state index contributed by atoms with van der Waals surface area (Å²) in [6.07, 6.45) is 5.30. The van der Waals surface area contributed by atoms with E-state index in [1.165, 1.54) is 16.4 Å². The zero-order chi connectivity index (χ0) is 18.3. The second kappa shape index (κ2) is 7.22. The van der Waals surface area contributed by atoms with Gasteiger partial charge >= 0.3 is 6.03 Å². The van der Waals surface area contributed by atoms with Gasteiger partial charge in [0.05, 0.1) is 17.4 Å². The van der Waals surface area contributed by atoms with Gasteiger partial charge in [-0.05, 0) is 43.4 Å². The summed E-state index contributed by atoms with van der Waals surface area (Å²) in [4.78, 5) is 16.8. The van der Waals surface area contributed by atoms with E-state index >= 15 is 0 Å². The van der Waals surface area contributed by atoms with Gasteiger partial charge in [0.2, 0.25) is 0 Å².